The van der Waals surface area contributed by atoms with Crippen molar-refractivity contribution in [2.75, 3.05) is 0 Å². The van der Waals surface area contributed by atoms with E-state index in [1.165, 1.54) is 32.9 Å². The van der Waals surface area contributed by atoms with Crippen LogP contribution in [-0.2, 0) is 19.4 Å². The SMILES string of the molecule is Cc1ccc(-n2c(=O)c3c4c(sc3n(Cc3cccc(F)c3)c2=O)CCC4)cc1C. The fourth-order valence-electron chi connectivity index (χ4n) is 4.26. The number of hydrogen-bond acceptors (Lipinski definition) is 3. The summed E-state index contributed by atoms with van der Waals surface area (Å²) in [5.74, 6) is -0.340. The number of hydrogen-bond donors (Lipinski definition) is 0. The van der Waals surface area contributed by atoms with Gasteiger partial charge in [0.05, 0.1) is 17.6 Å². The molecule has 0 amide bonds. The van der Waals surface area contributed by atoms with Crippen molar-refractivity contribution >= 4 is 21.6 Å². The van der Waals surface area contributed by atoms with Gasteiger partial charge in [-0.05, 0) is 79.6 Å². The number of rotatable bonds is 3. The normalized spacial score (nSPS) is 13.2. The first kappa shape index (κ1) is 19.0. The van der Waals surface area contributed by atoms with Crippen LogP contribution in [0.5, 0.6) is 0 Å². The molecule has 0 fully saturated rings. The summed E-state index contributed by atoms with van der Waals surface area (Å²) in [6.45, 7) is 4.19. The van der Waals surface area contributed by atoms with Gasteiger partial charge in [0, 0.05) is 4.88 Å². The van der Waals surface area contributed by atoms with Gasteiger partial charge >= 0.3 is 5.69 Å². The maximum absolute atomic E-state index is 13.8. The molecule has 2 aromatic heterocycles. The quantitative estimate of drug-likeness (QED) is 0.490. The molecule has 0 aliphatic heterocycles. The lowest BCUT2D eigenvalue weighted by Crippen LogP contribution is -2.39. The smallest absolute Gasteiger partial charge is 0.279 e. The van der Waals surface area contributed by atoms with E-state index in [-0.39, 0.29) is 23.6 Å². The van der Waals surface area contributed by atoms with Crippen molar-refractivity contribution in [2.24, 2.45) is 0 Å². The first-order valence-corrected chi connectivity index (χ1v) is 10.9. The number of nitrogens with zero attached hydrogens (tertiary/aromatic N) is 2. The second-order valence-corrected chi connectivity index (χ2v) is 9.03. The summed E-state index contributed by atoms with van der Waals surface area (Å²) in [6, 6.07) is 11.9. The van der Waals surface area contributed by atoms with Crippen LogP contribution in [0, 0.1) is 19.7 Å². The summed E-state index contributed by atoms with van der Waals surface area (Å²) in [5, 5.41) is 0.640. The molecule has 0 spiro atoms. The molecule has 6 heteroatoms. The van der Waals surface area contributed by atoms with Gasteiger partial charge in [0.1, 0.15) is 10.6 Å². The first-order chi connectivity index (χ1) is 14.4. The summed E-state index contributed by atoms with van der Waals surface area (Å²) in [7, 11) is 0. The molecule has 0 radical (unpaired) electrons. The molecular weight excluding hydrogens is 399 g/mol. The minimum Gasteiger partial charge on any atom is -0.279 e. The molecule has 1 aliphatic rings. The monoisotopic (exact) mass is 420 g/mol. The van der Waals surface area contributed by atoms with Gasteiger partial charge in [-0.2, -0.15) is 0 Å². The molecule has 0 saturated carbocycles. The highest BCUT2D eigenvalue weighted by atomic mass is 32.1. The van der Waals surface area contributed by atoms with Crippen molar-refractivity contribution in [1.82, 2.24) is 9.13 Å². The third kappa shape index (κ3) is 2.94. The highest BCUT2D eigenvalue weighted by Crippen LogP contribution is 2.35. The molecule has 0 bridgehead atoms. The van der Waals surface area contributed by atoms with Crippen LogP contribution < -0.4 is 11.2 Å². The largest absolute Gasteiger partial charge is 0.337 e. The van der Waals surface area contributed by atoms with Gasteiger partial charge in [0.2, 0.25) is 0 Å². The minimum absolute atomic E-state index is 0.220. The van der Waals surface area contributed by atoms with Gasteiger partial charge in [-0.3, -0.25) is 9.36 Å². The number of fused-ring (bicyclic) bond motifs is 3. The Bertz CT molecular complexity index is 1430. The average molecular weight is 421 g/mol. The topological polar surface area (TPSA) is 44.0 Å². The zero-order valence-electron chi connectivity index (χ0n) is 16.9. The molecule has 0 saturated heterocycles. The lowest BCUT2D eigenvalue weighted by molar-refractivity contribution is 0.622. The Morgan fingerprint density at radius 1 is 1.03 bits per heavy atom. The number of benzene rings is 2. The Morgan fingerprint density at radius 3 is 2.63 bits per heavy atom. The zero-order chi connectivity index (χ0) is 21.0. The lowest BCUT2D eigenvalue weighted by atomic mass is 10.1. The van der Waals surface area contributed by atoms with Gasteiger partial charge < -0.3 is 0 Å². The van der Waals surface area contributed by atoms with Crippen LogP contribution in [0.2, 0.25) is 0 Å². The zero-order valence-corrected chi connectivity index (χ0v) is 17.7. The summed E-state index contributed by atoms with van der Waals surface area (Å²) in [6.07, 6.45) is 2.82. The lowest BCUT2D eigenvalue weighted by Gasteiger charge is -2.14. The highest BCUT2D eigenvalue weighted by Gasteiger charge is 2.25. The summed E-state index contributed by atoms with van der Waals surface area (Å²) < 4.78 is 16.7. The summed E-state index contributed by atoms with van der Waals surface area (Å²) in [4.78, 5) is 29.0. The number of aryl methyl sites for hydroxylation is 4. The molecule has 152 valence electrons. The van der Waals surface area contributed by atoms with Crippen LogP contribution in [0.3, 0.4) is 0 Å². The maximum Gasteiger partial charge on any atom is 0.337 e. The Kier molecular flexibility index (Phi) is 4.47. The molecule has 1 aliphatic carbocycles. The predicted molar refractivity (Wildman–Crippen MR) is 119 cm³/mol. The van der Waals surface area contributed by atoms with Crippen molar-refractivity contribution in [1.29, 1.82) is 0 Å². The average Bonchev–Trinajstić information content (AvgIpc) is 3.29. The molecular formula is C24H21FN2O2S. The van der Waals surface area contributed by atoms with E-state index in [0.29, 0.717) is 21.5 Å². The Hall–Kier alpha value is -2.99. The third-order valence-electron chi connectivity index (χ3n) is 5.97. The number of aromatic nitrogens is 2. The van der Waals surface area contributed by atoms with Crippen molar-refractivity contribution in [3.8, 4) is 5.69 Å². The fraction of sp³-hybridized carbons (Fsp3) is 0.250. The Labute approximate surface area is 176 Å². The number of halogens is 1. The highest BCUT2D eigenvalue weighted by molar-refractivity contribution is 7.18. The molecule has 2 heterocycles. The molecule has 30 heavy (non-hydrogen) atoms. The van der Waals surface area contributed by atoms with Crippen LogP contribution in [0.25, 0.3) is 15.9 Å². The Balaban J connectivity index is 1.83. The molecule has 5 rings (SSSR count). The molecule has 0 atom stereocenters. The van der Waals surface area contributed by atoms with E-state index >= 15 is 0 Å². The van der Waals surface area contributed by atoms with E-state index in [4.69, 9.17) is 0 Å². The third-order valence-corrected chi connectivity index (χ3v) is 7.28. The van der Waals surface area contributed by atoms with Gasteiger partial charge in [-0.15, -0.1) is 11.3 Å². The standard InChI is InChI=1S/C24H21FN2O2S/c1-14-9-10-18(11-15(14)2)27-22(28)21-19-7-4-8-20(19)30-23(21)26(24(27)29)13-16-5-3-6-17(25)12-16/h3,5-6,9-12H,4,7-8,13H2,1-2H3. The van der Waals surface area contributed by atoms with Crippen molar-refractivity contribution < 1.29 is 4.39 Å². The first-order valence-electron chi connectivity index (χ1n) is 10.1. The van der Waals surface area contributed by atoms with Crippen molar-refractivity contribution in [3.63, 3.8) is 0 Å². The van der Waals surface area contributed by atoms with Crippen LogP contribution in [0.1, 0.15) is 33.6 Å². The van der Waals surface area contributed by atoms with E-state index in [0.717, 1.165) is 36.0 Å². The van der Waals surface area contributed by atoms with Crippen molar-refractivity contribution in [3.05, 3.63) is 96.3 Å². The van der Waals surface area contributed by atoms with Gasteiger partial charge in [0.25, 0.3) is 5.56 Å². The second kappa shape index (κ2) is 7.06. The van der Waals surface area contributed by atoms with Gasteiger partial charge in [-0.1, -0.05) is 18.2 Å². The minimum atomic E-state index is -0.389. The molecule has 0 N–H and O–H groups in total. The summed E-state index contributed by atoms with van der Waals surface area (Å²) >= 11 is 1.53. The van der Waals surface area contributed by atoms with E-state index in [1.54, 1.807) is 16.7 Å². The molecule has 0 unspecified atom stereocenters. The number of thiophene rings is 1. The van der Waals surface area contributed by atoms with E-state index in [2.05, 4.69) is 0 Å². The van der Waals surface area contributed by atoms with E-state index in [1.807, 2.05) is 32.0 Å². The summed E-state index contributed by atoms with van der Waals surface area (Å²) in [5.41, 5.74) is 3.81. The van der Waals surface area contributed by atoms with Crippen LogP contribution in [0.15, 0.2) is 52.1 Å². The van der Waals surface area contributed by atoms with Gasteiger partial charge in [-0.25, -0.2) is 13.8 Å². The van der Waals surface area contributed by atoms with Crippen LogP contribution in [0.4, 0.5) is 4.39 Å². The Morgan fingerprint density at radius 2 is 1.87 bits per heavy atom. The van der Waals surface area contributed by atoms with Crippen LogP contribution in [-0.4, -0.2) is 9.13 Å². The van der Waals surface area contributed by atoms with Gasteiger partial charge in [0.15, 0.2) is 0 Å². The van der Waals surface area contributed by atoms with Crippen LogP contribution >= 0.6 is 11.3 Å². The molecule has 2 aromatic carbocycles. The molecule has 4 aromatic rings. The second-order valence-electron chi connectivity index (χ2n) is 7.95. The molecule has 4 nitrogen and oxygen atoms in total. The maximum atomic E-state index is 13.8. The van der Waals surface area contributed by atoms with Crippen molar-refractivity contribution in [2.45, 2.75) is 39.7 Å². The fourth-order valence-corrected chi connectivity index (χ4v) is 5.63. The van der Waals surface area contributed by atoms with E-state index in [9.17, 15) is 14.0 Å². The predicted octanol–water partition coefficient (Wildman–Crippen LogP) is 4.51. The van der Waals surface area contributed by atoms with E-state index < -0.39 is 0 Å².